The Morgan fingerprint density at radius 2 is 1.94 bits per heavy atom. The van der Waals surface area contributed by atoms with Crippen molar-refractivity contribution in [2.75, 3.05) is 38.5 Å². The summed E-state index contributed by atoms with van der Waals surface area (Å²) in [6.07, 6.45) is 5.00. The van der Waals surface area contributed by atoms with Crippen LogP contribution in [0.4, 0.5) is 0 Å². The third-order valence-electron chi connectivity index (χ3n) is 3.31. The predicted molar refractivity (Wildman–Crippen MR) is 84.0 cm³/mol. The van der Waals surface area contributed by atoms with Gasteiger partial charge in [0.25, 0.3) is 0 Å². The second-order valence-electron chi connectivity index (χ2n) is 4.98. The van der Waals surface area contributed by atoms with Gasteiger partial charge in [-0.15, -0.1) is 0 Å². The highest BCUT2D eigenvalue weighted by molar-refractivity contribution is 7.81. The molecule has 0 aliphatic carbocycles. The van der Waals surface area contributed by atoms with Crippen molar-refractivity contribution in [2.45, 2.75) is 37.4 Å². The Balaban J connectivity index is 1.99. The Labute approximate surface area is 122 Å². The van der Waals surface area contributed by atoms with E-state index in [2.05, 4.69) is 35.5 Å². The van der Waals surface area contributed by atoms with Crippen LogP contribution in [0.15, 0.2) is 0 Å². The summed E-state index contributed by atoms with van der Waals surface area (Å²) < 4.78 is 0. The Morgan fingerprint density at radius 3 is 2.61 bits per heavy atom. The topological polar surface area (TPSA) is 32.3 Å². The first kappa shape index (κ1) is 16.3. The van der Waals surface area contributed by atoms with E-state index in [4.69, 9.17) is 0 Å². The van der Waals surface area contributed by atoms with Crippen LogP contribution < -0.4 is 5.32 Å². The Morgan fingerprint density at radius 1 is 1.22 bits per heavy atom. The van der Waals surface area contributed by atoms with Crippen LogP contribution in [0.5, 0.6) is 0 Å². The summed E-state index contributed by atoms with van der Waals surface area (Å²) in [7, 11) is 0. The molecule has 18 heavy (non-hydrogen) atoms. The zero-order chi connectivity index (χ0) is 13.2. The average molecular weight is 290 g/mol. The maximum atomic E-state index is 11.8. The lowest BCUT2D eigenvalue weighted by Crippen LogP contribution is -2.45. The van der Waals surface area contributed by atoms with E-state index in [1.165, 1.54) is 0 Å². The van der Waals surface area contributed by atoms with Gasteiger partial charge in [-0.3, -0.25) is 9.69 Å². The molecule has 1 N–H and O–H groups in total. The van der Waals surface area contributed by atoms with E-state index in [1.54, 1.807) is 0 Å². The first-order valence-corrected chi connectivity index (χ1v) is 8.11. The summed E-state index contributed by atoms with van der Waals surface area (Å²) in [6.45, 7) is 4.68. The van der Waals surface area contributed by atoms with Gasteiger partial charge in [0, 0.05) is 37.8 Å². The SMILES string of the molecule is O=C(CCCCC(S)CCS)CN1CCNCC1. The number of unbranched alkanes of at least 4 members (excludes halogenated alkanes) is 1. The smallest absolute Gasteiger partial charge is 0.146 e. The van der Waals surface area contributed by atoms with Crippen molar-refractivity contribution in [1.29, 1.82) is 0 Å². The molecule has 1 rings (SSSR count). The lowest BCUT2D eigenvalue weighted by atomic mass is 10.1. The fourth-order valence-electron chi connectivity index (χ4n) is 2.19. The highest BCUT2D eigenvalue weighted by atomic mass is 32.1. The summed E-state index contributed by atoms with van der Waals surface area (Å²) in [5.41, 5.74) is 0. The molecule has 1 saturated heterocycles. The minimum absolute atomic E-state index is 0.391. The first-order chi connectivity index (χ1) is 8.72. The zero-order valence-corrected chi connectivity index (χ0v) is 12.9. The van der Waals surface area contributed by atoms with E-state index in [0.29, 0.717) is 17.6 Å². The van der Waals surface area contributed by atoms with Crippen molar-refractivity contribution in [3.63, 3.8) is 0 Å². The van der Waals surface area contributed by atoms with Gasteiger partial charge in [-0.05, 0) is 25.0 Å². The molecule has 3 nitrogen and oxygen atoms in total. The third kappa shape index (κ3) is 7.67. The molecule has 1 aliphatic heterocycles. The summed E-state index contributed by atoms with van der Waals surface area (Å²) in [5.74, 6) is 1.29. The zero-order valence-electron chi connectivity index (χ0n) is 11.1. The quantitative estimate of drug-likeness (QED) is 0.446. The fourth-order valence-corrected chi connectivity index (χ4v) is 3.02. The van der Waals surface area contributed by atoms with Crippen molar-refractivity contribution in [2.24, 2.45) is 0 Å². The van der Waals surface area contributed by atoms with Gasteiger partial charge >= 0.3 is 0 Å². The van der Waals surface area contributed by atoms with Crippen LogP contribution in [-0.2, 0) is 4.79 Å². The molecule has 5 heteroatoms. The second-order valence-corrected chi connectivity index (χ2v) is 6.15. The van der Waals surface area contributed by atoms with Crippen molar-refractivity contribution < 1.29 is 4.79 Å². The molecule has 0 saturated carbocycles. The van der Waals surface area contributed by atoms with Gasteiger partial charge in [-0.1, -0.05) is 6.42 Å². The number of Topliss-reactive ketones (excluding diaryl/α,β-unsaturated/α-hetero) is 1. The molecule has 0 amide bonds. The van der Waals surface area contributed by atoms with E-state index in [0.717, 1.165) is 64.0 Å². The summed E-state index contributed by atoms with van der Waals surface area (Å²) >= 11 is 8.69. The van der Waals surface area contributed by atoms with Crippen molar-refractivity contribution >= 4 is 31.0 Å². The van der Waals surface area contributed by atoms with Crippen LogP contribution in [0, 0.1) is 0 Å². The molecule has 0 spiro atoms. The second kappa shape index (κ2) is 10.1. The van der Waals surface area contributed by atoms with Gasteiger partial charge in [-0.2, -0.15) is 25.3 Å². The molecule has 0 aromatic rings. The fraction of sp³-hybridized carbons (Fsp3) is 0.923. The monoisotopic (exact) mass is 290 g/mol. The summed E-state index contributed by atoms with van der Waals surface area (Å²) in [4.78, 5) is 14.0. The van der Waals surface area contributed by atoms with Crippen LogP contribution in [-0.4, -0.2) is 54.4 Å². The van der Waals surface area contributed by atoms with Crippen molar-refractivity contribution in [3.05, 3.63) is 0 Å². The number of hydrogen-bond donors (Lipinski definition) is 3. The number of nitrogens with zero attached hydrogens (tertiary/aromatic N) is 1. The van der Waals surface area contributed by atoms with Crippen LogP contribution in [0.25, 0.3) is 0 Å². The molecule has 1 unspecified atom stereocenters. The van der Waals surface area contributed by atoms with Crippen LogP contribution >= 0.6 is 25.3 Å². The standard InChI is InChI=1S/C13H26N2OS2/c16-12(11-15-8-6-14-7-9-15)3-1-2-4-13(18)5-10-17/h13-14,17-18H,1-11H2. The molecular weight excluding hydrogens is 264 g/mol. The van der Waals surface area contributed by atoms with Gasteiger partial charge in [-0.25, -0.2) is 0 Å². The van der Waals surface area contributed by atoms with Crippen LogP contribution in [0.3, 0.4) is 0 Å². The third-order valence-corrected chi connectivity index (χ3v) is 4.09. The molecule has 0 bridgehead atoms. The predicted octanol–water partition coefficient (Wildman–Crippen LogP) is 1.64. The molecule has 1 aliphatic rings. The molecular formula is C13H26N2OS2. The van der Waals surface area contributed by atoms with E-state index < -0.39 is 0 Å². The number of carbonyl (C=O) groups is 1. The van der Waals surface area contributed by atoms with Crippen LogP contribution in [0.1, 0.15) is 32.1 Å². The normalized spacial score (nSPS) is 18.8. The molecule has 0 radical (unpaired) electrons. The van der Waals surface area contributed by atoms with Gasteiger partial charge < -0.3 is 5.32 Å². The Bertz CT molecular complexity index is 233. The van der Waals surface area contributed by atoms with E-state index in [1.807, 2.05) is 0 Å². The summed E-state index contributed by atoms with van der Waals surface area (Å²) in [5, 5.41) is 3.75. The Kier molecular flexibility index (Phi) is 9.19. The lowest BCUT2D eigenvalue weighted by molar-refractivity contribution is -0.120. The number of nitrogens with one attached hydrogen (secondary N) is 1. The molecule has 0 aromatic heterocycles. The largest absolute Gasteiger partial charge is 0.314 e. The van der Waals surface area contributed by atoms with Gasteiger partial charge in [0.05, 0.1) is 6.54 Å². The van der Waals surface area contributed by atoms with Gasteiger partial charge in [0.2, 0.25) is 0 Å². The molecule has 1 atom stereocenters. The number of ketones is 1. The maximum absolute atomic E-state index is 11.8. The average Bonchev–Trinajstić information content (AvgIpc) is 2.36. The number of carbonyl (C=O) groups excluding carboxylic acids is 1. The Hall–Kier alpha value is 0.290. The number of thiol groups is 2. The maximum Gasteiger partial charge on any atom is 0.146 e. The number of hydrogen-bond acceptors (Lipinski definition) is 5. The van der Waals surface area contributed by atoms with Gasteiger partial charge in [0.15, 0.2) is 0 Å². The minimum Gasteiger partial charge on any atom is -0.314 e. The first-order valence-electron chi connectivity index (χ1n) is 6.96. The lowest BCUT2D eigenvalue weighted by Gasteiger charge is -2.26. The molecule has 1 fully saturated rings. The van der Waals surface area contributed by atoms with Gasteiger partial charge in [0.1, 0.15) is 5.78 Å². The molecule has 1 heterocycles. The van der Waals surface area contributed by atoms with Crippen molar-refractivity contribution in [1.82, 2.24) is 10.2 Å². The summed E-state index contributed by atoms with van der Waals surface area (Å²) in [6, 6.07) is 0. The molecule has 0 aromatic carbocycles. The van der Waals surface area contributed by atoms with E-state index >= 15 is 0 Å². The minimum atomic E-state index is 0.391. The highest BCUT2D eigenvalue weighted by Crippen LogP contribution is 2.13. The van der Waals surface area contributed by atoms with E-state index in [9.17, 15) is 4.79 Å². The highest BCUT2D eigenvalue weighted by Gasteiger charge is 2.13. The van der Waals surface area contributed by atoms with E-state index in [-0.39, 0.29) is 0 Å². The van der Waals surface area contributed by atoms with Crippen LogP contribution in [0.2, 0.25) is 0 Å². The number of rotatable bonds is 9. The number of piperazine rings is 1. The van der Waals surface area contributed by atoms with Crippen molar-refractivity contribution in [3.8, 4) is 0 Å². The molecule has 106 valence electrons.